The highest BCUT2D eigenvalue weighted by atomic mass is 32.1. The zero-order chi connectivity index (χ0) is 20.8. The quantitative estimate of drug-likeness (QED) is 0.494. The molecule has 0 amide bonds. The molecule has 2 aromatic carbocycles. The molecule has 0 N–H and O–H groups in total. The van der Waals surface area contributed by atoms with Gasteiger partial charge in [-0.1, -0.05) is 94.5 Å². The molecule has 4 nitrogen and oxygen atoms in total. The van der Waals surface area contributed by atoms with Crippen LogP contribution < -0.4 is 10.1 Å². The molecule has 0 saturated heterocycles. The molecule has 0 radical (unpaired) electrons. The summed E-state index contributed by atoms with van der Waals surface area (Å²) in [6.45, 7) is 10.9. The average Bonchev–Trinajstić information content (AvgIpc) is 3.21. The summed E-state index contributed by atoms with van der Waals surface area (Å²) < 4.78 is 2.05. The highest BCUT2D eigenvalue weighted by molar-refractivity contribution is 7.15. The first-order chi connectivity index (χ1) is 13.7. The summed E-state index contributed by atoms with van der Waals surface area (Å²) in [5, 5.41) is 4.46. The van der Waals surface area contributed by atoms with Gasteiger partial charge in [0.25, 0.3) is 5.56 Å². The molecule has 0 fully saturated rings. The number of benzene rings is 2. The molecule has 2 heterocycles. The first-order valence-electron chi connectivity index (χ1n) is 9.84. The van der Waals surface area contributed by atoms with Crippen molar-refractivity contribution in [3.63, 3.8) is 0 Å². The second kappa shape index (κ2) is 7.23. The van der Waals surface area contributed by atoms with Crippen LogP contribution in [0.5, 0.6) is 0 Å². The lowest BCUT2D eigenvalue weighted by atomic mass is 9.87. The van der Waals surface area contributed by atoms with Crippen LogP contribution in [-0.4, -0.2) is 14.6 Å². The van der Waals surface area contributed by atoms with E-state index in [9.17, 15) is 4.79 Å². The van der Waals surface area contributed by atoms with Gasteiger partial charge in [-0.2, -0.15) is 9.50 Å². The van der Waals surface area contributed by atoms with Gasteiger partial charge in [-0.3, -0.25) is 4.79 Å². The van der Waals surface area contributed by atoms with Gasteiger partial charge in [-0.25, -0.2) is 0 Å². The van der Waals surface area contributed by atoms with E-state index in [1.54, 1.807) is 0 Å². The van der Waals surface area contributed by atoms with Crippen LogP contribution in [0.25, 0.3) is 22.4 Å². The van der Waals surface area contributed by atoms with Gasteiger partial charge in [0.2, 0.25) is 4.96 Å². The van der Waals surface area contributed by atoms with Gasteiger partial charge in [-0.05, 0) is 34.1 Å². The zero-order valence-corrected chi connectivity index (χ0v) is 18.2. The number of aromatic nitrogens is 3. The van der Waals surface area contributed by atoms with E-state index in [2.05, 4.69) is 69.0 Å². The molecule has 4 rings (SSSR count). The molecule has 0 aliphatic carbocycles. The Labute approximate surface area is 174 Å². The van der Waals surface area contributed by atoms with Crippen molar-refractivity contribution < 1.29 is 0 Å². The number of hydrogen-bond acceptors (Lipinski definition) is 4. The predicted octanol–water partition coefficient (Wildman–Crippen LogP) is 4.79. The molecule has 0 unspecified atom stereocenters. The van der Waals surface area contributed by atoms with Crippen LogP contribution in [0.1, 0.15) is 57.2 Å². The van der Waals surface area contributed by atoms with Crippen molar-refractivity contribution in [1.82, 2.24) is 14.6 Å². The van der Waals surface area contributed by atoms with E-state index in [0.717, 1.165) is 11.1 Å². The minimum Gasteiger partial charge on any atom is -0.266 e. The first-order valence-corrected chi connectivity index (χ1v) is 10.7. The van der Waals surface area contributed by atoms with E-state index < -0.39 is 0 Å². The third kappa shape index (κ3) is 3.87. The Morgan fingerprint density at radius 2 is 1.66 bits per heavy atom. The summed E-state index contributed by atoms with van der Waals surface area (Å²) in [7, 11) is 0. The molecule has 0 atom stereocenters. The number of nitrogens with zero attached hydrogens (tertiary/aromatic N) is 3. The van der Waals surface area contributed by atoms with Crippen molar-refractivity contribution in [2.75, 3.05) is 0 Å². The Bertz CT molecular complexity index is 1260. The minimum atomic E-state index is -0.122. The maximum atomic E-state index is 12.8. The third-order valence-corrected chi connectivity index (χ3v) is 6.05. The Morgan fingerprint density at radius 1 is 1.00 bits per heavy atom. The van der Waals surface area contributed by atoms with Crippen molar-refractivity contribution in [1.29, 1.82) is 0 Å². The van der Waals surface area contributed by atoms with E-state index in [1.165, 1.54) is 27.0 Å². The van der Waals surface area contributed by atoms with Gasteiger partial charge in [0.1, 0.15) is 0 Å². The summed E-state index contributed by atoms with van der Waals surface area (Å²) in [4.78, 5) is 18.0. The summed E-state index contributed by atoms with van der Waals surface area (Å²) in [5.74, 6) is 1.07. The number of fused-ring (bicyclic) bond motifs is 1. The molecule has 0 aliphatic heterocycles. The predicted molar refractivity (Wildman–Crippen MR) is 121 cm³/mol. The molecule has 5 heteroatoms. The molecule has 2 aromatic heterocycles. The van der Waals surface area contributed by atoms with E-state index in [4.69, 9.17) is 0 Å². The topological polar surface area (TPSA) is 47.3 Å². The van der Waals surface area contributed by atoms with Crippen LogP contribution in [0.4, 0.5) is 0 Å². The summed E-state index contributed by atoms with van der Waals surface area (Å²) >= 11 is 1.37. The molecule has 0 spiro atoms. The molecular weight excluding hydrogens is 378 g/mol. The second-order valence-electron chi connectivity index (χ2n) is 8.69. The molecule has 0 saturated carbocycles. The van der Waals surface area contributed by atoms with Crippen LogP contribution in [0.2, 0.25) is 0 Å². The molecule has 148 valence electrons. The van der Waals surface area contributed by atoms with E-state index in [-0.39, 0.29) is 11.0 Å². The fourth-order valence-corrected chi connectivity index (χ4v) is 4.11. The molecule has 0 bridgehead atoms. The highest BCUT2D eigenvalue weighted by Crippen LogP contribution is 2.25. The molecule has 4 aromatic rings. The van der Waals surface area contributed by atoms with Gasteiger partial charge < -0.3 is 0 Å². The van der Waals surface area contributed by atoms with Gasteiger partial charge >= 0.3 is 0 Å². The standard InChI is InChI=1S/C24H25N3OS/c1-15(2)17-8-6-16(7-9-17)14-20-22(28)27-23(29-20)25-21(26-27)18-10-12-19(13-11-18)24(3,4)5/h6-15H,1-5H3/b20-14-. The van der Waals surface area contributed by atoms with Crippen molar-refractivity contribution in [3.8, 4) is 11.4 Å². The lowest BCUT2D eigenvalue weighted by Crippen LogP contribution is -2.23. The van der Waals surface area contributed by atoms with Crippen LogP contribution in [0, 0.1) is 0 Å². The highest BCUT2D eigenvalue weighted by Gasteiger charge is 2.15. The minimum absolute atomic E-state index is 0.0980. The molecular formula is C24H25N3OS. The average molecular weight is 404 g/mol. The maximum Gasteiger partial charge on any atom is 0.291 e. The normalized spacial score (nSPS) is 13.0. The SMILES string of the molecule is CC(C)c1ccc(/C=c2\sc3nc(-c4ccc(C(C)(C)C)cc4)nn3c2=O)cc1. The fraction of sp³-hybridized carbons (Fsp3) is 0.292. The number of rotatable bonds is 3. The monoisotopic (exact) mass is 403 g/mol. The fourth-order valence-electron chi connectivity index (χ4n) is 3.20. The van der Waals surface area contributed by atoms with Gasteiger partial charge in [-0.15, -0.1) is 5.10 Å². The van der Waals surface area contributed by atoms with Gasteiger partial charge in [0.15, 0.2) is 5.82 Å². The lowest BCUT2D eigenvalue weighted by molar-refractivity contribution is 0.590. The van der Waals surface area contributed by atoms with Crippen molar-refractivity contribution in [3.05, 3.63) is 80.1 Å². The van der Waals surface area contributed by atoms with Gasteiger partial charge in [0, 0.05) is 5.56 Å². The largest absolute Gasteiger partial charge is 0.291 e. The van der Waals surface area contributed by atoms with Crippen molar-refractivity contribution in [2.24, 2.45) is 0 Å². The molecule has 0 aliphatic rings. The summed E-state index contributed by atoms with van der Waals surface area (Å²) in [6, 6.07) is 16.6. The van der Waals surface area contributed by atoms with E-state index in [1.807, 2.05) is 30.3 Å². The summed E-state index contributed by atoms with van der Waals surface area (Å²) in [6.07, 6.45) is 1.91. The first kappa shape index (κ1) is 19.5. The van der Waals surface area contributed by atoms with Crippen LogP contribution in [0.3, 0.4) is 0 Å². The van der Waals surface area contributed by atoms with Crippen molar-refractivity contribution >= 4 is 22.4 Å². The zero-order valence-electron chi connectivity index (χ0n) is 17.4. The second-order valence-corrected chi connectivity index (χ2v) is 9.70. The Hall–Kier alpha value is -2.79. The smallest absolute Gasteiger partial charge is 0.266 e. The third-order valence-electron chi connectivity index (χ3n) is 5.09. The number of hydrogen-bond donors (Lipinski definition) is 0. The van der Waals surface area contributed by atoms with Gasteiger partial charge in [0.05, 0.1) is 4.53 Å². The molecule has 29 heavy (non-hydrogen) atoms. The lowest BCUT2D eigenvalue weighted by Gasteiger charge is -2.18. The van der Waals surface area contributed by atoms with E-state index in [0.29, 0.717) is 21.2 Å². The maximum absolute atomic E-state index is 12.8. The Balaban J connectivity index is 1.68. The van der Waals surface area contributed by atoms with Crippen molar-refractivity contribution in [2.45, 2.75) is 46.0 Å². The van der Waals surface area contributed by atoms with Crippen LogP contribution >= 0.6 is 11.3 Å². The Kier molecular flexibility index (Phi) is 4.87. The summed E-state index contributed by atoms with van der Waals surface area (Å²) in [5.41, 5.74) is 4.45. The number of thiazole rings is 1. The van der Waals surface area contributed by atoms with Crippen LogP contribution in [0.15, 0.2) is 53.3 Å². The van der Waals surface area contributed by atoms with Crippen LogP contribution in [-0.2, 0) is 5.41 Å². The Morgan fingerprint density at radius 3 is 2.21 bits per heavy atom. The van der Waals surface area contributed by atoms with E-state index >= 15 is 0 Å².